The van der Waals surface area contributed by atoms with Crippen LogP contribution in [-0.4, -0.2) is 30.5 Å². The number of amides is 1. The molecule has 0 radical (unpaired) electrons. The standard InChI is InChI=1S/C20H19ClN2O3S/c1-26-20(25)13-27-10-9-19(24)23-15-7-8-16(18(21)11-15)17(12-22)14-5-3-2-4-6-14/h2-8,11,17H,9-10,13H2,1H3,(H,23,24). The maximum atomic E-state index is 12.0. The van der Waals surface area contributed by atoms with Crippen LogP contribution in [-0.2, 0) is 14.3 Å². The Morgan fingerprint density at radius 3 is 2.63 bits per heavy atom. The van der Waals surface area contributed by atoms with E-state index in [4.69, 9.17) is 11.6 Å². The Kier molecular flexibility index (Phi) is 8.18. The van der Waals surface area contributed by atoms with E-state index in [9.17, 15) is 14.9 Å². The van der Waals surface area contributed by atoms with E-state index in [-0.39, 0.29) is 24.1 Å². The summed E-state index contributed by atoms with van der Waals surface area (Å²) in [5, 5.41) is 12.7. The minimum atomic E-state index is -0.474. The van der Waals surface area contributed by atoms with Gasteiger partial charge >= 0.3 is 5.97 Å². The molecule has 0 saturated heterocycles. The molecule has 5 nitrogen and oxygen atoms in total. The van der Waals surface area contributed by atoms with Gasteiger partial charge in [-0.05, 0) is 23.3 Å². The van der Waals surface area contributed by atoms with Crippen molar-refractivity contribution in [1.82, 2.24) is 0 Å². The number of ether oxygens (including phenoxy) is 1. The van der Waals surface area contributed by atoms with Crippen molar-refractivity contribution >= 4 is 40.9 Å². The normalized spacial score (nSPS) is 11.3. The first kappa shape index (κ1) is 20.8. The number of nitriles is 1. The third-order valence-electron chi connectivity index (χ3n) is 3.78. The van der Waals surface area contributed by atoms with Crippen molar-refractivity contribution < 1.29 is 14.3 Å². The number of rotatable bonds is 8. The molecule has 1 N–H and O–H groups in total. The summed E-state index contributed by atoms with van der Waals surface area (Å²) in [7, 11) is 1.33. The van der Waals surface area contributed by atoms with Crippen LogP contribution < -0.4 is 5.32 Å². The number of hydrogen-bond acceptors (Lipinski definition) is 5. The van der Waals surface area contributed by atoms with E-state index in [0.29, 0.717) is 22.0 Å². The summed E-state index contributed by atoms with van der Waals surface area (Å²) < 4.78 is 4.54. The lowest BCUT2D eigenvalue weighted by Gasteiger charge is -2.13. The van der Waals surface area contributed by atoms with Gasteiger partial charge in [0.15, 0.2) is 0 Å². The topological polar surface area (TPSA) is 79.2 Å². The summed E-state index contributed by atoms with van der Waals surface area (Å²) in [4.78, 5) is 23.0. The van der Waals surface area contributed by atoms with Crippen molar-refractivity contribution in [2.24, 2.45) is 0 Å². The minimum Gasteiger partial charge on any atom is -0.468 e. The van der Waals surface area contributed by atoms with Gasteiger partial charge in [-0.3, -0.25) is 9.59 Å². The zero-order valence-corrected chi connectivity index (χ0v) is 16.3. The molecule has 0 spiro atoms. The average Bonchev–Trinajstić information content (AvgIpc) is 2.68. The number of carbonyl (C=O) groups excluding carboxylic acids is 2. The molecule has 7 heteroatoms. The molecule has 0 fully saturated rings. The van der Waals surface area contributed by atoms with Crippen LogP contribution in [0, 0.1) is 11.3 Å². The SMILES string of the molecule is COC(=O)CSCCC(=O)Nc1ccc(C(C#N)c2ccccc2)c(Cl)c1. The van der Waals surface area contributed by atoms with Gasteiger partial charge in [0.25, 0.3) is 0 Å². The van der Waals surface area contributed by atoms with Gasteiger partial charge < -0.3 is 10.1 Å². The van der Waals surface area contributed by atoms with Crippen LogP contribution in [0.15, 0.2) is 48.5 Å². The molecule has 2 aromatic carbocycles. The molecule has 0 saturated carbocycles. The van der Waals surface area contributed by atoms with E-state index in [2.05, 4.69) is 16.1 Å². The Bertz CT molecular complexity index is 837. The fourth-order valence-corrected chi connectivity index (χ4v) is 3.46. The van der Waals surface area contributed by atoms with Crippen molar-refractivity contribution in [2.75, 3.05) is 23.9 Å². The summed E-state index contributed by atoms with van der Waals surface area (Å²) in [6, 6.07) is 16.8. The number of methoxy groups -OCH3 is 1. The van der Waals surface area contributed by atoms with Gasteiger partial charge in [0.2, 0.25) is 5.91 Å². The van der Waals surface area contributed by atoms with Crippen LogP contribution in [0.2, 0.25) is 5.02 Å². The van der Waals surface area contributed by atoms with Crippen molar-refractivity contribution in [2.45, 2.75) is 12.3 Å². The van der Waals surface area contributed by atoms with Gasteiger partial charge in [-0.25, -0.2) is 0 Å². The fraction of sp³-hybridized carbons (Fsp3) is 0.250. The van der Waals surface area contributed by atoms with Crippen molar-refractivity contribution in [3.05, 3.63) is 64.7 Å². The van der Waals surface area contributed by atoms with E-state index in [1.807, 2.05) is 30.3 Å². The summed E-state index contributed by atoms with van der Waals surface area (Å²) >= 11 is 7.69. The van der Waals surface area contributed by atoms with E-state index >= 15 is 0 Å². The van der Waals surface area contributed by atoms with Crippen LogP contribution in [0.25, 0.3) is 0 Å². The predicted octanol–water partition coefficient (Wildman–Crippen LogP) is 4.23. The first-order chi connectivity index (χ1) is 13.0. The zero-order chi connectivity index (χ0) is 19.6. The van der Waals surface area contributed by atoms with Crippen molar-refractivity contribution in [3.8, 4) is 6.07 Å². The molecule has 0 aliphatic heterocycles. The molecule has 140 valence electrons. The highest BCUT2D eigenvalue weighted by Gasteiger charge is 2.17. The Hall–Kier alpha value is -2.49. The number of carbonyl (C=O) groups is 2. The summed E-state index contributed by atoms with van der Waals surface area (Å²) in [5.41, 5.74) is 2.12. The van der Waals surface area contributed by atoms with Crippen LogP contribution in [0.3, 0.4) is 0 Å². The van der Waals surface area contributed by atoms with Gasteiger partial charge in [0.1, 0.15) is 0 Å². The Labute approximate surface area is 167 Å². The number of halogens is 1. The monoisotopic (exact) mass is 402 g/mol. The number of nitrogens with one attached hydrogen (secondary N) is 1. The number of nitrogens with zero attached hydrogens (tertiary/aromatic N) is 1. The molecule has 0 aliphatic rings. The zero-order valence-electron chi connectivity index (χ0n) is 14.8. The number of esters is 1. The van der Waals surface area contributed by atoms with Crippen LogP contribution in [0.1, 0.15) is 23.5 Å². The van der Waals surface area contributed by atoms with Gasteiger partial charge in [0.05, 0.1) is 24.8 Å². The van der Waals surface area contributed by atoms with E-state index in [1.165, 1.54) is 18.9 Å². The highest BCUT2D eigenvalue weighted by atomic mass is 35.5. The molecular formula is C20H19ClN2O3S. The quantitative estimate of drug-likeness (QED) is 0.528. The molecule has 1 atom stereocenters. The Morgan fingerprint density at radius 2 is 2.00 bits per heavy atom. The van der Waals surface area contributed by atoms with Gasteiger partial charge in [0, 0.05) is 22.9 Å². The lowest BCUT2D eigenvalue weighted by molar-refractivity contribution is -0.137. The molecule has 2 aromatic rings. The third kappa shape index (κ3) is 6.31. The van der Waals surface area contributed by atoms with Gasteiger partial charge in [-0.1, -0.05) is 48.0 Å². The van der Waals surface area contributed by atoms with Crippen LogP contribution in [0.4, 0.5) is 5.69 Å². The highest BCUT2D eigenvalue weighted by molar-refractivity contribution is 7.99. The van der Waals surface area contributed by atoms with Gasteiger partial charge in [-0.2, -0.15) is 5.26 Å². The second-order valence-electron chi connectivity index (χ2n) is 5.64. The van der Waals surface area contributed by atoms with Crippen LogP contribution in [0.5, 0.6) is 0 Å². The second-order valence-corrected chi connectivity index (χ2v) is 7.15. The first-order valence-corrected chi connectivity index (χ1v) is 9.77. The maximum absolute atomic E-state index is 12.0. The smallest absolute Gasteiger partial charge is 0.315 e. The highest BCUT2D eigenvalue weighted by Crippen LogP contribution is 2.31. The van der Waals surface area contributed by atoms with E-state index < -0.39 is 5.92 Å². The van der Waals surface area contributed by atoms with Gasteiger partial charge in [-0.15, -0.1) is 11.8 Å². The Balaban J connectivity index is 1.97. The lowest BCUT2D eigenvalue weighted by atomic mass is 9.92. The van der Waals surface area contributed by atoms with Crippen molar-refractivity contribution in [3.63, 3.8) is 0 Å². The first-order valence-electron chi connectivity index (χ1n) is 8.23. The Morgan fingerprint density at radius 1 is 1.26 bits per heavy atom. The summed E-state index contributed by atoms with van der Waals surface area (Å²) in [6.45, 7) is 0. The molecule has 1 unspecified atom stereocenters. The molecule has 0 aromatic heterocycles. The lowest BCUT2D eigenvalue weighted by Crippen LogP contribution is -2.13. The largest absolute Gasteiger partial charge is 0.468 e. The molecule has 27 heavy (non-hydrogen) atoms. The minimum absolute atomic E-state index is 0.170. The predicted molar refractivity (Wildman–Crippen MR) is 108 cm³/mol. The average molecular weight is 403 g/mol. The molecule has 0 aliphatic carbocycles. The van der Waals surface area contributed by atoms with Crippen molar-refractivity contribution in [1.29, 1.82) is 5.26 Å². The summed E-state index contributed by atoms with van der Waals surface area (Å²) in [6.07, 6.45) is 0.270. The van der Waals surface area contributed by atoms with E-state index in [1.54, 1.807) is 18.2 Å². The number of benzene rings is 2. The van der Waals surface area contributed by atoms with E-state index in [0.717, 1.165) is 5.56 Å². The summed E-state index contributed by atoms with van der Waals surface area (Å²) in [5.74, 6) is -0.223. The molecule has 1 amide bonds. The fourth-order valence-electron chi connectivity index (χ4n) is 2.41. The molecule has 0 bridgehead atoms. The molecular weight excluding hydrogens is 384 g/mol. The molecule has 0 heterocycles. The second kappa shape index (κ2) is 10.6. The number of anilines is 1. The third-order valence-corrected chi connectivity index (χ3v) is 5.04. The number of thioether (sulfide) groups is 1. The number of hydrogen-bond donors (Lipinski definition) is 1. The molecule has 2 rings (SSSR count). The van der Waals surface area contributed by atoms with Crippen LogP contribution >= 0.6 is 23.4 Å². The maximum Gasteiger partial charge on any atom is 0.315 e.